The number of rotatable bonds is 0. The number of nitrogens with one attached hydrogen (secondary N) is 4. The quantitative estimate of drug-likeness (QED) is 0.0676. The fourth-order valence-electron chi connectivity index (χ4n) is 5.83. The monoisotopic (exact) mass is 787 g/mol. The van der Waals surface area contributed by atoms with Gasteiger partial charge in [-0.15, -0.1) is 11.8 Å². The minimum atomic E-state index is 0.178. The Morgan fingerprint density at radius 3 is 1.83 bits per heavy atom. The zero-order valence-electron chi connectivity index (χ0n) is 25.5. The number of fused-ring (bicyclic) bond motifs is 10. The lowest BCUT2D eigenvalue weighted by molar-refractivity contribution is 0.399. The summed E-state index contributed by atoms with van der Waals surface area (Å²) < 4.78 is 2.15. The smallest absolute Gasteiger partial charge is 0.182 e. The molecule has 2 aromatic heterocycles. The molecule has 0 saturated heterocycles. The second kappa shape index (κ2) is 14.4. The lowest BCUT2D eigenvalue weighted by atomic mass is 10.0. The third-order valence-electron chi connectivity index (χ3n) is 7.82. The zero-order chi connectivity index (χ0) is 33.1. The molecule has 8 nitrogen and oxygen atoms in total. The van der Waals surface area contributed by atoms with Gasteiger partial charge in [-0.3, -0.25) is 10.9 Å². The topological polar surface area (TPSA) is 127 Å². The van der Waals surface area contributed by atoms with E-state index in [4.69, 9.17) is 33.0 Å². The molecule has 4 aromatic carbocycles. The number of aromatic amines is 2. The Morgan fingerprint density at radius 2 is 1.30 bits per heavy atom. The summed E-state index contributed by atoms with van der Waals surface area (Å²) >= 11 is 13.7. The molecule has 0 radical (unpaired) electrons. The number of halogens is 2. The highest BCUT2D eigenvalue weighted by atomic mass is 79.9. The van der Waals surface area contributed by atoms with E-state index < -0.39 is 0 Å². The second-order valence-electron chi connectivity index (χ2n) is 10.6. The van der Waals surface area contributed by atoms with Crippen LogP contribution in [0.15, 0.2) is 104 Å². The van der Waals surface area contributed by atoms with Crippen LogP contribution < -0.4 is 16.6 Å². The number of nitrogens with zero attached hydrogens (tertiary/aromatic N) is 2. The minimum Gasteiger partial charge on any atom is -0.400 e. The summed E-state index contributed by atoms with van der Waals surface area (Å²) in [5.74, 6) is 0.759. The molecule has 0 bridgehead atoms. The normalized spacial score (nSPS) is 12.7. The Balaban J connectivity index is 0.000000157. The maximum atomic E-state index is 7.00. The lowest BCUT2D eigenvalue weighted by Gasteiger charge is -2.10. The van der Waals surface area contributed by atoms with E-state index in [1.165, 1.54) is 38.7 Å². The molecule has 0 aliphatic carbocycles. The van der Waals surface area contributed by atoms with Crippen LogP contribution in [-0.4, -0.2) is 44.4 Å². The molecular formula is C35H31Br2N7OS2. The first-order valence-corrected chi connectivity index (χ1v) is 17.8. The van der Waals surface area contributed by atoms with Crippen LogP contribution in [0.4, 0.5) is 11.4 Å². The van der Waals surface area contributed by atoms with Crippen molar-refractivity contribution in [3.05, 3.63) is 105 Å². The number of aromatic nitrogens is 2. The fourth-order valence-corrected chi connectivity index (χ4v) is 7.08. The van der Waals surface area contributed by atoms with E-state index in [-0.39, 0.29) is 5.11 Å². The number of H-pyrrole nitrogens is 2. The Morgan fingerprint density at radius 1 is 0.787 bits per heavy atom. The SMILES string of the molecule is CO.CSC1=Nc2ccccc2-c2[nH]c3ccc(Br)cc3c2C1.NC(=S)NNC1=Nc2ccccc2-c2[nH]c3ccc(Br)cc3c2C1. The molecule has 0 spiro atoms. The number of para-hydroxylation sites is 2. The van der Waals surface area contributed by atoms with Gasteiger partial charge in [-0.1, -0.05) is 68.3 Å². The molecule has 7 N–H and O–H groups in total. The van der Waals surface area contributed by atoms with E-state index in [1.54, 1.807) is 11.8 Å². The van der Waals surface area contributed by atoms with Gasteiger partial charge in [-0.05, 0) is 78.1 Å². The van der Waals surface area contributed by atoms with E-state index in [1.807, 2.05) is 30.3 Å². The summed E-state index contributed by atoms with van der Waals surface area (Å²) in [6, 6.07) is 29.0. The van der Waals surface area contributed by atoms with E-state index >= 15 is 0 Å². The minimum absolute atomic E-state index is 0.178. The molecule has 47 heavy (non-hydrogen) atoms. The predicted octanol–water partition coefficient (Wildman–Crippen LogP) is 8.68. The van der Waals surface area contributed by atoms with E-state index in [9.17, 15) is 0 Å². The number of benzene rings is 4. The van der Waals surface area contributed by atoms with Crippen LogP contribution in [-0.2, 0) is 12.8 Å². The summed E-state index contributed by atoms with van der Waals surface area (Å²) in [6.07, 6.45) is 3.61. The summed E-state index contributed by atoms with van der Waals surface area (Å²) in [6.45, 7) is 0. The van der Waals surface area contributed by atoms with Gasteiger partial charge >= 0.3 is 0 Å². The third kappa shape index (κ3) is 6.88. The molecule has 0 atom stereocenters. The predicted molar refractivity (Wildman–Crippen MR) is 209 cm³/mol. The number of thioether (sulfide) groups is 1. The van der Waals surface area contributed by atoms with Gasteiger partial charge in [0.2, 0.25) is 0 Å². The lowest BCUT2D eigenvalue weighted by Crippen LogP contribution is -2.44. The fraction of sp³-hybridized carbons (Fsp3) is 0.114. The number of hydrogen-bond donors (Lipinski definition) is 6. The van der Waals surface area contributed by atoms with Gasteiger partial charge in [-0.2, -0.15) is 0 Å². The highest BCUT2D eigenvalue weighted by molar-refractivity contribution is 9.10. The van der Waals surface area contributed by atoms with Gasteiger partial charge in [0.25, 0.3) is 0 Å². The van der Waals surface area contributed by atoms with Crippen molar-refractivity contribution in [1.29, 1.82) is 0 Å². The van der Waals surface area contributed by atoms with Gasteiger partial charge in [0, 0.05) is 61.8 Å². The molecule has 12 heteroatoms. The molecule has 8 rings (SSSR count). The first kappa shape index (κ1) is 33.0. The van der Waals surface area contributed by atoms with Crippen molar-refractivity contribution >= 4 is 105 Å². The van der Waals surface area contributed by atoms with Crippen molar-refractivity contribution in [3.63, 3.8) is 0 Å². The van der Waals surface area contributed by atoms with Crippen LogP contribution in [0.5, 0.6) is 0 Å². The molecule has 0 unspecified atom stereocenters. The van der Waals surface area contributed by atoms with Gasteiger partial charge in [-0.25, -0.2) is 9.98 Å². The average molecular weight is 790 g/mol. The van der Waals surface area contributed by atoms with Crippen LogP contribution in [0.25, 0.3) is 44.3 Å². The summed E-state index contributed by atoms with van der Waals surface area (Å²) in [5.41, 5.74) is 22.6. The van der Waals surface area contributed by atoms with Crippen LogP contribution >= 0.6 is 55.8 Å². The Bertz CT molecular complexity index is 2190. The molecule has 4 heterocycles. The number of nitrogens with two attached hydrogens (primary N) is 1. The number of aliphatic hydroxyl groups excluding tert-OH is 1. The zero-order valence-corrected chi connectivity index (χ0v) is 30.3. The van der Waals surface area contributed by atoms with Crippen LogP contribution in [0.1, 0.15) is 11.1 Å². The second-order valence-corrected chi connectivity index (χ2v) is 13.8. The molecule has 238 valence electrons. The third-order valence-corrected chi connectivity index (χ3v) is 9.62. The molecule has 0 fully saturated rings. The molecule has 0 saturated carbocycles. The highest BCUT2D eigenvalue weighted by Gasteiger charge is 2.22. The van der Waals surface area contributed by atoms with Crippen molar-refractivity contribution < 1.29 is 5.11 Å². The first-order chi connectivity index (χ1) is 22.9. The van der Waals surface area contributed by atoms with Crippen molar-refractivity contribution in [2.75, 3.05) is 13.4 Å². The Labute approximate surface area is 298 Å². The van der Waals surface area contributed by atoms with Crippen molar-refractivity contribution in [3.8, 4) is 22.5 Å². The van der Waals surface area contributed by atoms with Crippen LogP contribution in [0.2, 0.25) is 0 Å². The largest absolute Gasteiger partial charge is 0.400 e. The van der Waals surface area contributed by atoms with Gasteiger partial charge in [0.1, 0.15) is 5.84 Å². The number of aliphatic imine (C=N–C) groups is 2. The molecule has 0 amide bonds. The number of thiocarbonyl (C=S) groups is 1. The standard InChI is InChI=1S/C17H14BrN5S.C17H13BrN2S.CH4O/c18-9-5-6-14-11(7-9)12-8-15(22-23-17(19)24)20-13-4-2-1-3-10(13)16(12)21-14;1-21-16-9-13-12-8-10(18)6-7-15(12)20-17(13)11-4-2-3-5-14(11)19-16;1-2/h1-7,21H,8H2,(H,20,22)(H3,19,23,24);2-8,20H,9H2,1H3;2H,1H3. The average Bonchev–Trinajstić information content (AvgIpc) is 3.50. The van der Waals surface area contributed by atoms with E-state index in [2.05, 4.69) is 114 Å². The number of amidine groups is 1. The number of hydrazine groups is 1. The van der Waals surface area contributed by atoms with Crippen LogP contribution in [0, 0.1) is 0 Å². The Hall–Kier alpha value is -3.94. The van der Waals surface area contributed by atoms with Crippen molar-refractivity contribution in [1.82, 2.24) is 20.8 Å². The Kier molecular flexibility index (Phi) is 10.1. The number of hydrogen-bond acceptors (Lipinski definition) is 6. The van der Waals surface area contributed by atoms with Gasteiger partial charge in [0.05, 0.1) is 27.8 Å². The van der Waals surface area contributed by atoms with Gasteiger partial charge in [0.15, 0.2) is 5.11 Å². The van der Waals surface area contributed by atoms with Crippen molar-refractivity contribution in [2.24, 2.45) is 15.7 Å². The highest BCUT2D eigenvalue weighted by Crippen LogP contribution is 2.41. The van der Waals surface area contributed by atoms with E-state index in [0.717, 1.165) is 61.5 Å². The van der Waals surface area contributed by atoms with E-state index in [0.29, 0.717) is 6.42 Å². The van der Waals surface area contributed by atoms with Gasteiger partial charge < -0.3 is 20.8 Å². The molecule has 6 aromatic rings. The van der Waals surface area contributed by atoms with Crippen LogP contribution in [0.3, 0.4) is 0 Å². The molecule has 2 aliphatic heterocycles. The first-order valence-electron chi connectivity index (χ1n) is 14.6. The summed E-state index contributed by atoms with van der Waals surface area (Å²) in [5, 5.41) is 10.8. The maximum absolute atomic E-state index is 7.00. The maximum Gasteiger partial charge on any atom is 0.182 e. The summed E-state index contributed by atoms with van der Waals surface area (Å²) in [4.78, 5) is 16.7. The molecular weight excluding hydrogens is 758 g/mol. The summed E-state index contributed by atoms with van der Waals surface area (Å²) in [7, 11) is 1.00. The van der Waals surface area contributed by atoms with Crippen molar-refractivity contribution in [2.45, 2.75) is 12.8 Å². The molecule has 2 aliphatic rings. The number of aliphatic hydroxyl groups is 1.